The Hall–Kier alpha value is -4.77. The van der Waals surface area contributed by atoms with Crippen LogP contribution in [0.1, 0.15) is 296 Å². The third kappa shape index (κ3) is 22.9. The van der Waals surface area contributed by atoms with Gasteiger partial charge < -0.3 is 42.6 Å². The number of hydrogen-bond donors (Lipinski definition) is 0. The first kappa shape index (κ1) is 82.5. The van der Waals surface area contributed by atoms with Gasteiger partial charge in [0.05, 0.1) is 50.9 Å². The summed E-state index contributed by atoms with van der Waals surface area (Å²) in [7, 11) is 0. The summed E-state index contributed by atoms with van der Waals surface area (Å²) in [6.07, 6.45) is 33.7. The van der Waals surface area contributed by atoms with E-state index in [1.165, 1.54) is 103 Å². The molecule has 12 bridgehead atoms. The van der Waals surface area contributed by atoms with Crippen LogP contribution in [0.4, 0.5) is 0 Å². The molecule has 18 nitrogen and oxygen atoms in total. The topological polar surface area (TPSA) is 237 Å². The Labute approximate surface area is 601 Å². The van der Waals surface area contributed by atoms with Crippen LogP contribution < -0.4 is 0 Å². The predicted octanol–water partition coefficient (Wildman–Crippen LogP) is 16.6. The maximum Gasteiger partial charge on any atom is 0.344 e. The summed E-state index contributed by atoms with van der Waals surface area (Å²) < 4.78 is 47.7. The normalized spacial score (nSPS) is 30.3. The average Bonchev–Trinajstić information content (AvgIpc) is 0.972. The summed E-state index contributed by atoms with van der Waals surface area (Å²) in [4.78, 5) is 107. The van der Waals surface area contributed by atoms with E-state index in [0.717, 1.165) is 131 Å². The van der Waals surface area contributed by atoms with Crippen molar-refractivity contribution < 1.29 is 85.8 Å². The predicted molar refractivity (Wildman–Crippen MR) is 380 cm³/mol. The van der Waals surface area contributed by atoms with Crippen LogP contribution in [0.5, 0.6) is 0 Å². The van der Waals surface area contributed by atoms with Gasteiger partial charge in [-0.3, -0.25) is 38.4 Å². The molecule has 13 fully saturated rings. The summed E-state index contributed by atoms with van der Waals surface area (Å²) in [6.45, 7) is 30.1. The summed E-state index contributed by atoms with van der Waals surface area (Å²) in [5, 5.41) is 0. The lowest BCUT2D eigenvalue weighted by atomic mass is 9.49. The van der Waals surface area contributed by atoms with Crippen molar-refractivity contribution in [3.63, 3.8) is 0 Å². The highest BCUT2D eigenvalue weighted by molar-refractivity contribution is 5.81. The second kappa shape index (κ2) is 36.3. The van der Waals surface area contributed by atoms with Crippen molar-refractivity contribution in [1.82, 2.24) is 0 Å². The van der Waals surface area contributed by atoms with Gasteiger partial charge in [-0.15, -0.1) is 0 Å². The van der Waals surface area contributed by atoms with E-state index >= 15 is 0 Å². The molecule has 0 aromatic heterocycles. The van der Waals surface area contributed by atoms with Crippen molar-refractivity contribution in [3.8, 4) is 0 Å². The number of rotatable bonds is 27. The van der Waals surface area contributed by atoms with E-state index in [-0.39, 0.29) is 123 Å². The van der Waals surface area contributed by atoms with Crippen molar-refractivity contribution in [3.05, 3.63) is 0 Å². The highest BCUT2D eigenvalue weighted by Crippen LogP contribution is 2.62. The Balaban J connectivity index is 0.000000176. The van der Waals surface area contributed by atoms with Gasteiger partial charge in [0.2, 0.25) is 0 Å². The molecule has 0 aromatic carbocycles. The summed E-state index contributed by atoms with van der Waals surface area (Å²) in [5.41, 5.74) is -2.11. The van der Waals surface area contributed by atoms with Gasteiger partial charge in [0.1, 0.15) is 45.7 Å². The Morgan fingerprint density at radius 3 is 1.08 bits per heavy atom. The molecule has 18 heteroatoms. The lowest BCUT2D eigenvalue weighted by Crippen LogP contribution is -2.50. The maximum absolute atomic E-state index is 12.6. The molecule has 0 spiro atoms. The fourth-order valence-electron chi connectivity index (χ4n) is 18.5. The molecular formula is C82H134O18. The van der Waals surface area contributed by atoms with Crippen molar-refractivity contribution in [1.29, 1.82) is 0 Å². The molecule has 0 amide bonds. The van der Waals surface area contributed by atoms with Crippen LogP contribution in [0.2, 0.25) is 0 Å². The molecule has 6 unspecified atom stereocenters. The van der Waals surface area contributed by atoms with Gasteiger partial charge in [-0.05, 0) is 295 Å². The molecule has 13 aliphatic rings. The lowest BCUT2D eigenvalue weighted by molar-refractivity contribution is -0.175. The number of fused-ring (bicyclic) bond motifs is 4. The molecule has 13 aliphatic carbocycles. The van der Waals surface area contributed by atoms with Crippen LogP contribution in [-0.2, 0) is 85.8 Å². The molecule has 13 rings (SSSR count). The van der Waals surface area contributed by atoms with Crippen LogP contribution in [0.25, 0.3) is 0 Å². The van der Waals surface area contributed by atoms with Gasteiger partial charge in [0, 0.05) is 5.41 Å². The van der Waals surface area contributed by atoms with E-state index < -0.39 is 27.6 Å². The van der Waals surface area contributed by atoms with Crippen molar-refractivity contribution in [2.24, 2.45) is 109 Å². The first-order valence-electron chi connectivity index (χ1n) is 39.7. The zero-order valence-corrected chi connectivity index (χ0v) is 64.7. The van der Waals surface area contributed by atoms with E-state index in [1.54, 1.807) is 0 Å². The van der Waals surface area contributed by atoms with Crippen LogP contribution in [0.15, 0.2) is 0 Å². The maximum atomic E-state index is 12.6. The molecule has 13 saturated carbocycles. The summed E-state index contributed by atoms with van der Waals surface area (Å²) >= 11 is 0. The molecule has 100 heavy (non-hydrogen) atoms. The van der Waals surface area contributed by atoms with E-state index in [4.69, 9.17) is 42.6 Å². The van der Waals surface area contributed by atoms with E-state index in [1.807, 2.05) is 96.9 Å². The monoisotopic (exact) mass is 1410 g/mol. The van der Waals surface area contributed by atoms with Gasteiger partial charge >= 0.3 is 53.7 Å². The number of carbonyl (C=O) groups is 9. The van der Waals surface area contributed by atoms with Gasteiger partial charge in [0.25, 0.3) is 0 Å². The van der Waals surface area contributed by atoms with Crippen LogP contribution in [0.3, 0.4) is 0 Å². The Morgan fingerprint density at radius 2 is 0.700 bits per heavy atom. The molecular weight excluding hydrogens is 1270 g/mol. The molecule has 6 atom stereocenters. The van der Waals surface area contributed by atoms with Crippen LogP contribution in [-0.4, -0.2) is 113 Å². The molecule has 0 aromatic rings. The van der Waals surface area contributed by atoms with Gasteiger partial charge in [0.15, 0.2) is 6.61 Å². The second-order valence-corrected chi connectivity index (χ2v) is 36.2. The Bertz CT molecular complexity index is 2660. The first-order chi connectivity index (χ1) is 47.1. The smallest absolute Gasteiger partial charge is 0.344 e. The van der Waals surface area contributed by atoms with Crippen molar-refractivity contribution in [2.45, 2.75) is 303 Å². The van der Waals surface area contributed by atoms with Gasteiger partial charge in [-0.25, -0.2) is 4.79 Å². The first-order valence-corrected chi connectivity index (χ1v) is 39.7. The fraction of sp³-hybridized carbons (Fsp3) is 0.890. The minimum atomic E-state index is -0.535. The average molecular weight is 1410 g/mol. The number of hydrogen-bond acceptors (Lipinski definition) is 18. The number of carbonyl (C=O) groups excluding carboxylic acids is 9. The summed E-state index contributed by atoms with van der Waals surface area (Å²) in [5.74, 6) is 6.03. The largest absolute Gasteiger partial charge is 0.465 e. The minimum Gasteiger partial charge on any atom is -0.465 e. The fourth-order valence-corrected chi connectivity index (χ4v) is 18.5. The molecule has 570 valence electrons. The zero-order chi connectivity index (χ0) is 73.4. The Kier molecular flexibility index (Phi) is 29.9. The van der Waals surface area contributed by atoms with Crippen molar-refractivity contribution in [2.75, 3.05) is 52.9 Å². The third-order valence-corrected chi connectivity index (χ3v) is 26.3. The molecule has 0 N–H and O–H groups in total. The van der Waals surface area contributed by atoms with E-state index in [2.05, 4.69) is 6.92 Å². The summed E-state index contributed by atoms with van der Waals surface area (Å²) in [6, 6.07) is 0. The Morgan fingerprint density at radius 1 is 0.340 bits per heavy atom. The second-order valence-electron chi connectivity index (χ2n) is 36.2. The molecule has 0 saturated heterocycles. The van der Waals surface area contributed by atoms with E-state index in [9.17, 15) is 43.2 Å². The van der Waals surface area contributed by atoms with Gasteiger partial charge in [-0.2, -0.15) is 0 Å². The molecule has 0 radical (unpaired) electrons. The lowest BCUT2D eigenvalue weighted by Gasteiger charge is -2.56. The van der Waals surface area contributed by atoms with E-state index in [0.29, 0.717) is 30.3 Å². The van der Waals surface area contributed by atoms with Crippen LogP contribution in [0, 0.1) is 109 Å². The highest BCUT2D eigenvalue weighted by atomic mass is 16.6. The van der Waals surface area contributed by atoms with Crippen LogP contribution >= 0.6 is 0 Å². The minimum absolute atomic E-state index is 0.00532. The van der Waals surface area contributed by atoms with Crippen molar-refractivity contribution >= 4 is 53.7 Å². The standard InChI is InChI=1S/C19H30O4.C17H28O2.C16H26O4.C15H24O4.C15H26O4/c1-4-18(2,3)16(20)22-5-6-23-17(21)19-10-13-7-14(11-19)9-15(8-13)12-19;1-4-16(2,3)15(18)19-11-17-8-12-5-13(9-17)7-14(6-12)10-17;1-4-16(2,3)15(18)20-8-7-19-14(17)13-10-11-5-6-12(13)9-11;1-4-15(2,3)14(17)18-9-13(16)19-12-8-10-5-6-11(12)7-10;1-4-15(2,3)14(17)19-11-10-18-13(16)12-8-6-5-7-9-12/h13-15H,4-12H2,1-3H3;12-14H,4-11H2,1-3H3;11-13H,4-10H2,1-3H3;10-12H,4-9H2,1-3H3;12H,4-11H2,1-3H3. The number of ether oxygens (including phenoxy) is 9. The zero-order valence-electron chi connectivity index (χ0n) is 64.7. The van der Waals surface area contributed by atoms with Gasteiger partial charge in [-0.1, -0.05) is 60.3 Å². The third-order valence-electron chi connectivity index (χ3n) is 26.3. The molecule has 0 aliphatic heterocycles. The molecule has 0 heterocycles. The number of esters is 9. The SMILES string of the molecule is CCC(C)(C)C(=O)OCC(=O)OC1CC2CCC1C2.CCC(C)(C)C(=O)OCC12CC3CC(CC(C3)C1)C2.CCC(C)(C)C(=O)OCCOC(=O)C12CC3CC(CC(C3)C1)C2.CCC(C)(C)C(=O)OCCOC(=O)C1CC2CCC1C2.CCC(C)(C)C(=O)OCCOC(=O)C1CCCCC1. The quantitative estimate of drug-likeness (QED) is 0.0422. The highest BCUT2D eigenvalue weighted by Gasteiger charge is 2.56.